The molecule has 1 N–H and O–H groups in total. The molecule has 0 saturated heterocycles. The summed E-state index contributed by atoms with van der Waals surface area (Å²) in [5, 5.41) is 8.62. The first-order valence-electron chi connectivity index (χ1n) is 3.20. The van der Waals surface area contributed by atoms with Gasteiger partial charge in [-0.05, 0) is 28.7 Å². The van der Waals surface area contributed by atoms with Gasteiger partial charge >= 0.3 is 5.97 Å². The quantitative estimate of drug-likeness (QED) is 0.853. The first kappa shape index (κ1) is 10.3. The number of nitrogens with zero attached hydrogens (tertiary/aromatic N) is 1. The summed E-state index contributed by atoms with van der Waals surface area (Å²) < 4.78 is 24.7. The number of rotatable bonds is 2. The van der Waals surface area contributed by atoms with E-state index in [2.05, 4.69) is 4.98 Å². The van der Waals surface area contributed by atoms with Gasteiger partial charge in [0, 0.05) is 9.77 Å². The lowest BCUT2D eigenvalue weighted by atomic mass is 10.2. The summed E-state index contributed by atoms with van der Waals surface area (Å²) in [5.41, 5.74) is -1.10. The van der Waals surface area contributed by atoms with E-state index in [4.69, 9.17) is 5.11 Å². The fraction of sp³-hybridized carbons (Fsp3) is 0.143. The van der Waals surface area contributed by atoms with Crippen molar-refractivity contribution in [1.82, 2.24) is 4.98 Å². The molecule has 0 aliphatic rings. The molecule has 0 aliphatic carbocycles. The van der Waals surface area contributed by atoms with Crippen molar-refractivity contribution in [2.45, 2.75) is 6.43 Å². The maximum Gasteiger partial charge on any atom is 0.338 e. The zero-order valence-electron chi connectivity index (χ0n) is 6.17. The van der Waals surface area contributed by atoms with Gasteiger partial charge in [0.25, 0.3) is 6.43 Å². The van der Waals surface area contributed by atoms with Crippen molar-refractivity contribution < 1.29 is 18.7 Å². The average molecular weight is 299 g/mol. The molecule has 13 heavy (non-hydrogen) atoms. The molecule has 0 bridgehead atoms. The fourth-order valence-corrected chi connectivity index (χ4v) is 1.50. The maximum atomic E-state index is 12.2. The van der Waals surface area contributed by atoms with Crippen LogP contribution in [0.4, 0.5) is 8.78 Å². The summed E-state index contributed by atoms with van der Waals surface area (Å²) in [6.45, 7) is 0. The van der Waals surface area contributed by atoms with Gasteiger partial charge in [-0.3, -0.25) is 4.98 Å². The van der Waals surface area contributed by atoms with Crippen molar-refractivity contribution in [3.63, 3.8) is 0 Å². The average Bonchev–Trinajstić information content (AvgIpc) is 2.02. The van der Waals surface area contributed by atoms with Gasteiger partial charge in [0.05, 0.1) is 0 Å². The first-order chi connectivity index (χ1) is 6.04. The SMILES string of the molecule is O=C(O)c1c(I)ccnc1C(F)F. The standard InChI is InChI=1S/C7H4F2INO2/c8-6(9)5-4(7(12)13)3(10)1-2-11-5/h1-2,6H,(H,12,13). The Morgan fingerprint density at radius 2 is 2.23 bits per heavy atom. The number of hydrogen-bond acceptors (Lipinski definition) is 2. The number of aromatic nitrogens is 1. The van der Waals surface area contributed by atoms with E-state index in [1.165, 1.54) is 6.07 Å². The molecule has 1 aromatic heterocycles. The predicted molar refractivity (Wildman–Crippen MR) is 48.9 cm³/mol. The molecular weight excluding hydrogens is 295 g/mol. The zero-order chi connectivity index (χ0) is 10.0. The Morgan fingerprint density at radius 3 is 2.62 bits per heavy atom. The minimum Gasteiger partial charge on any atom is -0.478 e. The Balaban J connectivity index is 3.34. The molecule has 0 aromatic carbocycles. The van der Waals surface area contributed by atoms with Crippen LogP contribution in [0, 0.1) is 3.57 Å². The molecule has 0 saturated carbocycles. The predicted octanol–water partition coefficient (Wildman–Crippen LogP) is 2.32. The molecule has 0 fully saturated rings. The van der Waals surface area contributed by atoms with Gasteiger partial charge in [-0.15, -0.1) is 0 Å². The molecule has 0 atom stereocenters. The minimum absolute atomic E-state index is 0.260. The summed E-state index contributed by atoms with van der Waals surface area (Å²) >= 11 is 1.68. The van der Waals surface area contributed by atoms with Gasteiger partial charge in [-0.1, -0.05) is 0 Å². The van der Waals surface area contributed by atoms with E-state index in [1.807, 2.05) is 0 Å². The Bertz CT molecular complexity index is 343. The van der Waals surface area contributed by atoms with Gasteiger partial charge in [-0.2, -0.15) is 0 Å². The van der Waals surface area contributed by atoms with Crippen molar-refractivity contribution >= 4 is 28.6 Å². The van der Waals surface area contributed by atoms with Gasteiger partial charge in [-0.25, -0.2) is 13.6 Å². The zero-order valence-corrected chi connectivity index (χ0v) is 8.33. The molecule has 1 rings (SSSR count). The molecule has 1 heterocycles. The van der Waals surface area contributed by atoms with Crippen molar-refractivity contribution in [1.29, 1.82) is 0 Å². The number of halogens is 3. The van der Waals surface area contributed by atoms with Crippen LogP contribution in [0.15, 0.2) is 12.3 Å². The van der Waals surface area contributed by atoms with E-state index in [0.717, 1.165) is 6.20 Å². The summed E-state index contributed by atoms with van der Waals surface area (Å²) in [6, 6.07) is 1.37. The van der Waals surface area contributed by atoms with E-state index in [9.17, 15) is 13.6 Å². The highest BCUT2D eigenvalue weighted by Crippen LogP contribution is 2.23. The van der Waals surface area contributed by atoms with Crippen LogP contribution in [0.2, 0.25) is 0 Å². The minimum atomic E-state index is -2.86. The Labute approximate surface area is 85.9 Å². The third kappa shape index (κ3) is 2.11. The summed E-state index contributed by atoms with van der Waals surface area (Å²) in [7, 11) is 0. The molecule has 0 spiro atoms. The molecule has 0 amide bonds. The third-order valence-corrected chi connectivity index (χ3v) is 2.25. The number of carboxylic acids is 1. The number of aromatic carboxylic acids is 1. The highest BCUT2D eigenvalue weighted by atomic mass is 127. The third-order valence-electron chi connectivity index (χ3n) is 1.35. The van der Waals surface area contributed by atoms with Crippen molar-refractivity contribution in [2.24, 2.45) is 0 Å². The van der Waals surface area contributed by atoms with Crippen LogP contribution < -0.4 is 0 Å². The van der Waals surface area contributed by atoms with Gasteiger partial charge in [0.2, 0.25) is 0 Å². The smallest absolute Gasteiger partial charge is 0.338 e. The van der Waals surface area contributed by atoms with Gasteiger partial charge < -0.3 is 5.11 Å². The number of alkyl halides is 2. The molecule has 0 radical (unpaired) electrons. The van der Waals surface area contributed by atoms with Crippen LogP contribution in [0.25, 0.3) is 0 Å². The van der Waals surface area contributed by atoms with Crippen molar-refractivity contribution in [3.05, 3.63) is 27.1 Å². The maximum absolute atomic E-state index is 12.2. The topological polar surface area (TPSA) is 50.2 Å². The second kappa shape index (κ2) is 3.95. The molecule has 1 aromatic rings. The van der Waals surface area contributed by atoms with Crippen LogP contribution in [0.3, 0.4) is 0 Å². The summed E-state index contributed by atoms with van der Waals surface area (Å²) in [6.07, 6.45) is -1.70. The number of carboxylic acid groups (broad SMARTS) is 1. The van der Waals surface area contributed by atoms with E-state index in [1.54, 1.807) is 22.6 Å². The monoisotopic (exact) mass is 299 g/mol. The Morgan fingerprint density at radius 1 is 1.62 bits per heavy atom. The Hall–Kier alpha value is -0.790. The van der Waals surface area contributed by atoms with Crippen LogP contribution in [-0.4, -0.2) is 16.1 Å². The van der Waals surface area contributed by atoms with Crippen LogP contribution in [0.1, 0.15) is 22.5 Å². The highest BCUT2D eigenvalue weighted by Gasteiger charge is 2.21. The molecule has 70 valence electrons. The van der Waals surface area contributed by atoms with Crippen LogP contribution in [-0.2, 0) is 0 Å². The highest BCUT2D eigenvalue weighted by molar-refractivity contribution is 14.1. The van der Waals surface area contributed by atoms with Gasteiger partial charge in [0.1, 0.15) is 11.3 Å². The largest absolute Gasteiger partial charge is 0.478 e. The molecule has 3 nitrogen and oxygen atoms in total. The van der Waals surface area contributed by atoms with Gasteiger partial charge in [0.15, 0.2) is 0 Å². The molecule has 0 aliphatic heterocycles. The lowest BCUT2D eigenvalue weighted by Gasteiger charge is -2.04. The van der Waals surface area contributed by atoms with Crippen molar-refractivity contribution in [3.8, 4) is 0 Å². The summed E-state index contributed by atoms with van der Waals surface area (Å²) in [4.78, 5) is 13.9. The lowest BCUT2D eigenvalue weighted by Crippen LogP contribution is -2.07. The molecular formula is C7H4F2INO2. The van der Waals surface area contributed by atoms with E-state index >= 15 is 0 Å². The summed E-state index contributed by atoms with van der Waals surface area (Å²) in [5.74, 6) is -1.38. The van der Waals surface area contributed by atoms with E-state index in [-0.39, 0.29) is 3.57 Å². The van der Waals surface area contributed by atoms with Crippen LogP contribution in [0.5, 0.6) is 0 Å². The second-order valence-corrected chi connectivity index (χ2v) is 3.32. The molecule has 0 unspecified atom stereocenters. The number of carbonyl (C=O) groups is 1. The second-order valence-electron chi connectivity index (χ2n) is 2.16. The first-order valence-corrected chi connectivity index (χ1v) is 4.27. The lowest BCUT2D eigenvalue weighted by molar-refractivity contribution is 0.0681. The Kier molecular flexibility index (Phi) is 3.12. The number of pyridine rings is 1. The van der Waals surface area contributed by atoms with E-state index in [0.29, 0.717) is 0 Å². The van der Waals surface area contributed by atoms with E-state index < -0.39 is 23.7 Å². The number of hydrogen-bond donors (Lipinski definition) is 1. The fourth-order valence-electron chi connectivity index (χ4n) is 0.830. The van der Waals surface area contributed by atoms with Crippen molar-refractivity contribution in [2.75, 3.05) is 0 Å². The normalized spacial score (nSPS) is 10.5. The molecule has 6 heteroatoms. The van der Waals surface area contributed by atoms with Crippen LogP contribution >= 0.6 is 22.6 Å².